The predicted molar refractivity (Wildman–Crippen MR) is 84.3 cm³/mol. The molecule has 1 aromatic heterocycles. The zero-order valence-electron chi connectivity index (χ0n) is 12.4. The number of aromatic nitrogens is 1. The molecule has 0 spiro atoms. The van der Waals surface area contributed by atoms with Crippen molar-refractivity contribution in [2.75, 3.05) is 6.61 Å². The minimum atomic E-state index is -0.622. The predicted octanol–water partition coefficient (Wildman–Crippen LogP) is 2.55. The number of benzene rings is 1. The van der Waals surface area contributed by atoms with E-state index in [9.17, 15) is 4.79 Å². The Labute approximate surface area is 133 Å². The minimum absolute atomic E-state index is 0.181. The number of ether oxygens (including phenoxy) is 2. The first kappa shape index (κ1) is 14.8. The van der Waals surface area contributed by atoms with Crippen LogP contribution in [0.15, 0.2) is 29.6 Å². The van der Waals surface area contributed by atoms with Crippen molar-refractivity contribution in [1.82, 2.24) is 10.3 Å². The van der Waals surface area contributed by atoms with Gasteiger partial charge >= 0.3 is 0 Å². The molecule has 1 atom stereocenters. The molecule has 1 aliphatic rings. The number of rotatable bonds is 5. The standard InChI is InChI=1S/C16H18N2O3S/c1-2-5-15-18-11(10-22-15)8-17-16(19)14-9-20-12-6-3-4-7-13(12)21-14/h3-4,6-7,10,14H,2,5,8-9H2,1H3,(H,17,19). The summed E-state index contributed by atoms with van der Waals surface area (Å²) in [5.41, 5.74) is 0.888. The van der Waals surface area contributed by atoms with E-state index in [1.165, 1.54) is 0 Å². The molecule has 116 valence electrons. The van der Waals surface area contributed by atoms with Gasteiger partial charge in [0.25, 0.3) is 5.91 Å². The Hall–Kier alpha value is -2.08. The molecule has 2 heterocycles. The summed E-state index contributed by atoms with van der Waals surface area (Å²) in [5, 5.41) is 5.95. The summed E-state index contributed by atoms with van der Waals surface area (Å²) in [6, 6.07) is 7.35. The van der Waals surface area contributed by atoms with Crippen LogP contribution in [0.2, 0.25) is 0 Å². The van der Waals surface area contributed by atoms with Gasteiger partial charge in [-0.15, -0.1) is 11.3 Å². The van der Waals surface area contributed by atoms with Crippen molar-refractivity contribution >= 4 is 17.2 Å². The lowest BCUT2D eigenvalue weighted by Crippen LogP contribution is -2.43. The number of hydrogen-bond acceptors (Lipinski definition) is 5. The maximum Gasteiger partial charge on any atom is 0.265 e. The molecule has 22 heavy (non-hydrogen) atoms. The first-order valence-corrected chi connectivity index (χ1v) is 8.23. The highest BCUT2D eigenvalue weighted by Crippen LogP contribution is 2.30. The van der Waals surface area contributed by atoms with Crippen molar-refractivity contribution in [2.45, 2.75) is 32.4 Å². The lowest BCUT2D eigenvalue weighted by atomic mass is 10.2. The molecule has 0 radical (unpaired) electrons. The molecule has 6 heteroatoms. The Morgan fingerprint density at radius 3 is 3.05 bits per heavy atom. The van der Waals surface area contributed by atoms with E-state index >= 15 is 0 Å². The molecular formula is C16H18N2O3S. The molecule has 1 aromatic carbocycles. The summed E-state index contributed by atoms with van der Waals surface area (Å²) in [6.45, 7) is 2.77. The zero-order chi connectivity index (χ0) is 15.4. The Balaban J connectivity index is 1.54. The fraction of sp³-hybridized carbons (Fsp3) is 0.375. The van der Waals surface area contributed by atoms with E-state index in [2.05, 4.69) is 17.2 Å². The van der Waals surface area contributed by atoms with Crippen LogP contribution in [0, 0.1) is 0 Å². The van der Waals surface area contributed by atoms with Gasteiger partial charge in [0.15, 0.2) is 11.5 Å². The lowest BCUT2D eigenvalue weighted by molar-refractivity contribution is -0.130. The molecule has 0 fully saturated rings. The first-order chi connectivity index (χ1) is 10.8. The normalized spacial score (nSPS) is 16.3. The smallest absolute Gasteiger partial charge is 0.265 e. The Morgan fingerprint density at radius 1 is 1.41 bits per heavy atom. The van der Waals surface area contributed by atoms with Crippen LogP contribution in [0.4, 0.5) is 0 Å². The average Bonchev–Trinajstić information content (AvgIpc) is 3.00. The summed E-state index contributed by atoms with van der Waals surface area (Å²) in [4.78, 5) is 16.7. The summed E-state index contributed by atoms with van der Waals surface area (Å²) >= 11 is 1.63. The quantitative estimate of drug-likeness (QED) is 0.920. The number of para-hydroxylation sites is 2. The average molecular weight is 318 g/mol. The topological polar surface area (TPSA) is 60.5 Å². The number of nitrogens with zero attached hydrogens (tertiary/aromatic N) is 1. The molecule has 0 saturated heterocycles. The maximum absolute atomic E-state index is 12.2. The molecule has 2 aromatic rings. The summed E-state index contributed by atoms with van der Waals surface area (Å²) in [6.07, 6.45) is 1.43. The number of nitrogens with one attached hydrogen (secondary N) is 1. The van der Waals surface area contributed by atoms with E-state index in [0.29, 0.717) is 18.0 Å². The number of amides is 1. The molecule has 0 aliphatic carbocycles. The van der Waals surface area contributed by atoms with Crippen LogP contribution in [0.3, 0.4) is 0 Å². The van der Waals surface area contributed by atoms with Gasteiger partial charge in [-0.1, -0.05) is 19.1 Å². The van der Waals surface area contributed by atoms with Crippen LogP contribution >= 0.6 is 11.3 Å². The van der Waals surface area contributed by atoms with Crippen LogP contribution in [0.1, 0.15) is 24.0 Å². The Morgan fingerprint density at radius 2 is 2.23 bits per heavy atom. The largest absolute Gasteiger partial charge is 0.485 e. The SMILES string of the molecule is CCCc1nc(CNC(=O)C2COc3ccccc3O2)cs1. The van der Waals surface area contributed by atoms with Crippen LogP contribution in [-0.4, -0.2) is 23.6 Å². The Kier molecular flexibility index (Phi) is 4.58. The summed E-state index contributed by atoms with van der Waals surface area (Å²) < 4.78 is 11.2. The number of thiazole rings is 1. The van der Waals surface area contributed by atoms with Gasteiger partial charge in [0, 0.05) is 5.38 Å². The number of fused-ring (bicyclic) bond motifs is 1. The molecular weight excluding hydrogens is 300 g/mol. The second kappa shape index (κ2) is 6.79. The van der Waals surface area contributed by atoms with E-state index in [0.717, 1.165) is 23.5 Å². The second-order valence-corrected chi connectivity index (χ2v) is 6.01. The van der Waals surface area contributed by atoms with Gasteiger partial charge in [0.05, 0.1) is 17.2 Å². The fourth-order valence-electron chi connectivity index (χ4n) is 2.20. The molecule has 5 nitrogen and oxygen atoms in total. The fourth-order valence-corrected chi connectivity index (χ4v) is 3.10. The van der Waals surface area contributed by atoms with Gasteiger partial charge in [0.1, 0.15) is 6.61 Å². The third kappa shape index (κ3) is 3.39. The van der Waals surface area contributed by atoms with Gasteiger partial charge in [-0.25, -0.2) is 4.98 Å². The molecule has 0 bridgehead atoms. The van der Waals surface area contributed by atoms with Crippen LogP contribution < -0.4 is 14.8 Å². The van der Waals surface area contributed by atoms with E-state index in [-0.39, 0.29) is 12.5 Å². The van der Waals surface area contributed by atoms with Crippen molar-refractivity contribution in [1.29, 1.82) is 0 Å². The van der Waals surface area contributed by atoms with Crippen molar-refractivity contribution in [3.05, 3.63) is 40.3 Å². The van der Waals surface area contributed by atoms with E-state index in [4.69, 9.17) is 9.47 Å². The lowest BCUT2D eigenvalue weighted by Gasteiger charge is -2.25. The number of carbonyl (C=O) groups is 1. The van der Waals surface area contributed by atoms with E-state index < -0.39 is 6.10 Å². The molecule has 3 rings (SSSR count). The maximum atomic E-state index is 12.2. The highest BCUT2D eigenvalue weighted by Gasteiger charge is 2.27. The van der Waals surface area contributed by atoms with Crippen LogP contribution in [-0.2, 0) is 17.8 Å². The van der Waals surface area contributed by atoms with E-state index in [1.807, 2.05) is 23.6 Å². The minimum Gasteiger partial charge on any atom is -0.485 e. The third-order valence-electron chi connectivity index (χ3n) is 3.31. The first-order valence-electron chi connectivity index (χ1n) is 7.35. The van der Waals surface area contributed by atoms with E-state index in [1.54, 1.807) is 17.4 Å². The summed E-state index contributed by atoms with van der Waals surface area (Å²) in [7, 11) is 0. The second-order valence-electron chi connectivity index (χ2n) is 5.06. The number of carbonyl (C=O) groups excluding carboxylic acids is 1. The number of aryl methyl sites for hydroxylation is 1. The van der Waals surface area contributed by atoms with Gasteiger partial charge in [0.2, 0.25) is 6.10 Å². The van der Waals surface area contributed by atoms with Crippen molar-refractivity contribution in [3.8, 4) is 11.5 Å². The highest BCUT2D eigenvalue weighted by molar-refractivity contribution is 7.09. The molecule has 1 amide bonds. The molecule has 1 aliphatic heterocycles. The molecule has 1 N–H and O–H groups in total. The van der Waals surface area contributed by atoms with Crippen molar-refractivity contribution < 1.29 is 14.3 Å². The Bertz CT molecular complexity index is 656. The highest BCUT2D eigenvalue weighted by atomic mass is 32.1. The molecule has 0 saturated carbocycles. The van der Waals surface area contributed by atoms with Gasteiger partial charge in [-0.05, 0) is 25.0 Å². The monoisotopic (exact) mass is 318 g/mol. The van der Waals surface area contributed by atoms with Crippen LogP contribution in [0.5, 0.6) is 11.5 Å². The molecule has 1 unspecified atom stereocenters. The zero-order valence-corrected chi connectivity index (χ0v) is 13.2. The van der Waals surface area contributed by atoms with Gasteiger partial charge in [-0.3, -0.25) is 4.79 Å². The third-order valence-corrected chi connectivity index (χ3v) is 4.27. The van der Waals surface area contributed by atoms with Crippen LogP contribution in [0.25, 0.3) is 0 Å². The van der Waals surface area contributed by atoms with Crippen molar-refractivity contribution in [2.24, 2.45) is 0 Å². The van der Waals surface area contributed by atoms with Crippen molar-refractivity contribution in [3.63, 3.8) is 0 Å². The van der Waals surface area contributed by atoms with Gasteiger partial charge in [-0.2, -0.15) is 0 Å². The summed E-state index contributed by atoms with van der Waals surface area (Å²) in [5.74, 6) is 1.10. The van der Waals surface area contributed by atoms with Gasteiger partial charge < -0.3 is 14.8 Å². The number of hydrogen-bond donors (Lipinski definition) is 1.